The monoisotopic (exact) mass is 325 g/mol. The lowest BCUT2D eigenvalue weighted by Crippen LogP contribution is -2.20. The summed E-state index contributed by atoms with van der Waals surface area (Å²) in [5.41, 5.74) is 1.43. The van der Waals surface area contributed by atoms with Gasteiger partial charge in [0.05, 0.1) is 12.7 Å². The molecule has 22 heavy (non-hydrogen) atoms. The van der Waals surface area contributed by atoms with E-state index in [1.54, 1.807) is 0 Å². The summed E-state index contributed by atoms with van der Waals surface area (Å²) in [7, 11) is 1.33. The number of amides is 1. The van der Waals surface area contributed by atoms with Gasteiger partial charge in [-0.15, -0.1) is 11.3 Å². The van der Waals surface area contributed by atoms with Crippen molar-refractivity contribution < 1.29 is 23.9 Å². The van der Waals surface area contributed by atoms with Crippen LogP contribution in [0.4, 0.5) is 5.00 Å². The van der Waals surface area contributed by atoms with Crippen molar-refractivity contribution >= 4 is 34.2 Å². The molecule has 0 saturated heterocycles. The predicted molar refractivity (Wildman–Crippen MR) is 82.2 cm³/mol. The molecule has 1 aliphatic carbocycles. The number of esters is 2. The standard InChI is InChI=1S/C15H19NO5S/c1-9(17)21-8-12(18)16-14-13(15(19)20-2)10-6-4-3-5-7-11(10)22-14/h3-8H2,1-2H3,(H,16,18). The molecule has 0 saturated carbocycles. The molecule has 2 rings (SSSR count). The smallest absolute Gasteiger partial charge is 0.341 e. The molecular weight excluding hydrogens is 306 g/mol. The summed E-state index contributed by atoms with van der Waals surface area (Å²) in [5.74, 6) is -1.43. The van der Waals surface area contributed by atoms with Crippen molar-refractivity contribution in [2.24, 2.45) is 0 Å². The highest BCUT2D eigenvalue weighted by molar-refractivity contribution is 7.17. The van der Waals surface area contributed by atoms with Crippen LogP contribution >= 0.6 is 11.3 Å². The van der Waals surface area contributed by atoms with Crippen LogP contribution in [0.5, 0.6) is 0 Å². The second-order valence-corrected chi connectivity index (χ2v) is 6.19. The Morgan fingerprint density at radius 2 is 1.91 bits per heavy atom. The fourth-order valence-corrected chi connectivity index (χ4v) is 3.77. The van der Waals surface area contributed by atoms with Gasteiger partial charge in [-0.3, -0.25) is 9.59 Å². The zero-order valence-electron chi connectivity index (χ0n) is 12.7. The Labute approximate surface area is 132 Å². The molecule has 1 aromatic rings. The van der Waals surface area contributed by atoms with Crippen molar-refractivity contribution in [3.05, 3.63) is 16.0 Å². The molecule has 0 aromatic carbocycles. The van der Waals surface area contributed by atoms with Crippen LogP contribution in [0.3, 0.4) is 0 Å². The molecule has 1 amide bonds. The summed E-state index contributed by atoms with van der Waals surface area (Å²) >= 11 is 1.41. The molecule has 120 valence electrons. The number of methoxy groups -OCH3 is 1. The fourth-order valence-electron chi connectivity index (χ4n) is 2.48. The predicted octanol–water partition coefficient (Wildman–Crippen LogP) is 2.31. The summed E-state index contributed by atoms with van der Waals surface area (Å²) in [6.07, 6.45) is 4.96. The van der Waals surface area contributed by atoms with Crippen LogP contribution in [0.2, 0.25) is 0 Å². The Morgan fingerprint density at radius 1 is 1.18 bits per heavy atom. The maximum atomic E-state index is 12.1. The van der Waals surface area contributed by atoms with E-state index in [-0.39, 0.29) is 6.61 Å². The number of thiophene rings is 1. The molecular formula is C15H19NO5S. The Morgan fingerprint density at radius 3 is 2.59 bits per heavy atom. The second kappa shape index (κ2) is 7.40. The molecule has 0 aliphatic heterocycles. The van der Waals surface area contributed by atoms with Gasteiger partial charge in [0.25, 0.3) is 5.91 Å². The highest BCUT2D eigenvalue weighted by Crippen LogP contribution is 2.37. The SMILES string of the molecule is COC(=O)c1c(NC(=O)COC(C)=O)sc2c1CCCCC2. The van der Waals surface area contributed by atoms with E-state index >= 15 is 0 Å². The maximum Gasteiger partial charge on any atom is 0.341 e. The summed E-state index contributed by atoms with van der Waals surface area (Å²) < 4.78 is 9.52. The Hall–Kier alpha value is -1.89. The summed E-state index contributed by atoms with van der Waals surface area (Å²) in [6, 6.07) is 0. The maximum absolute atomic E-state index is 12.1. The van der Waals surface area contributed by atoms with E-state index in [4.69, 9.17) is 4.74 Å². The fraction of sp³-hybridized carbons (Fsp3) is 0.533. The van der Waals surface area contributed by atoms with Crippen molar-refractivity contribution in [1.82, 2.24) is 0 Å². The number of fused-ring (bicyclic) bond motifs is 1. The minimum absolute atomic E-state index is 0.363. The lowest BCUT2D eigenvalue weighted by atomic mass is 10.1. The van der Waals surface area contributed by atoms with Crippen LogP contribution in [-0.2, 0) is 31.9 Å². The van der Waals surface area contributed by atoms with E-state index in [2.05, 4.69) is 10.1 Å². The number of anilines is 1. The number of hydrogen-bond acceptors (Lipinski definition) is 6. The zero-order chi connectivity index (χ0) is 16.1. The van der Waals surface area contributed by atoms with Crippen molar-refractivity contribution in [2.75, 3.05) is 19.0 Å². The third-order valence-electron chi connectivity index (χ3n) is 3.47. The molecule has 1 heterocycles. The molecule has 0 spiro atoms. The van der Waals surface area contributed by atoms with E-state index in [1.165, 1.54) is 25.4 Å². The highest BCUT2D eigenvalue weighted by Gasteiger charge is 2.26. The van der Waals surface area contributed by atoms with Crippen LogP contribution in [0, 0.1) is 0 Å². The number of aryl methyl sites for hydroxylation is 1. The van der Waals surface area contributed by atoms with Crippen molar-refractivity contribution in [2.45, 2.75) is 39.0 Å². The third-order valence-corrected chi connectivity index (χ3v) is 4.68. The molecule has 1 N–H and O–H groups in total. The van der Waals surface area contributed by atoms with Gasteiger partial charge in [-0.05, 0) is 31.2 Å². The zero-order valence-corrected chi connectivity index (χ0v) is 13.5. The van der Waals surface area contributed by atoms with Crippen LogP contribution in [0.25, 0.3) is 0 Å². The first kappa shape index (κ1) is 16.5. The lowest BCUT2D eigenvalue weighted by molar-refractivity contribution is -0.144. The van der Waals surface area contributed by atoms with Gasteiger partial charge in [0.1, 0.15) is 5.00 Å². The number of carbonyl (C=O) groups excluding carboxylic acids is 3. The molecule has 0 unspecified atom stereocenters. The van der Waals surface area contributed by atoms with Gasteiger partial charge in [-0.1, -0.05) is 6.42 Å². The average molecular weight is 325 g/mol. The number of hydrogen-bond donors (Lipinski definition) is 1. The van der Waals surface area contributed by atoms with Crippen molar-refractivity contribution in [1.29, 1.82) is 0 Å². The first-order chi connectivity index (χ1) is 10.5. The van der Waals surface area contributed by atoms with E-state index in [1.807, 2.05) is 0 Å². The minimum Gasteiger partial charge on any atom is -0.465 e. The quantitative estimate of drug-likeness (QED) is 0.678. The Bertz CT molecular complexity index is 593. The van der Waals surface area contributed by atoms with Gasteiger partial charge in [-0.2, -0.15) is 0 Å². The molecule has 0 fully saturated rings. The Balaban J connectivity index is 2.24. The third kappa shape index (κ3) is 3.85. The molecule has 0 atom stereocenters. The summed E-state index contributed by atoms with van der Waals surface area (Å²) in [4.78, 5) is 35.8. The van der Waals surface area contributed by atoms with Crippen LogP contribution in [0.1, 0.15) is 47.0 Å². The average Bonchev–Trinajstić information content (AvgIpc) is 2.66. The molecule has 1 aromatic heterocycles. The summed E-state index contributed by atoms with van der Waals surface area (Å²) in [5, 5.41) is 3.14. The highest BCUT2D eigenvalue weighted by atomic mass is 32.1. The van der Waals surface area contributed by atoms with Gasteiger partial charge in [0.15, 0.2) is 6.61 Å². The lowest BCUT2D eigenvalue weighted by Gasteiger charge is -2.07. The molecule has 1 aliphatic rings. The largest absolute Gasteiger partial charge is 0.465 e. The van der Waals surface area contributed by atoms with Gasteiger partial charge >= 0.3 is 11.9 Å². The van der Waals surface area contributed by atoms with Crippen molar-refractivity contribution in [3.63, 3.8) is 0 Å². The number of nitrogens with one attached hydrogen (secondary N) is 1. The van der Waals surface area contributed by atoms with Crippen LogP contribution < -0.4 is 5.32 Å². The van der Waals surface area contributed by atoms with Gasteiger partial charge in [0, 0.05) is 11.8 Å². The minimum atomic E-state index is -0.523. The first-order valence-corrected chi connectivity index (χ1v) is 8.00. The number of ether oxygens (including phenoxy) is 2. The topological polar surface area (TPSA) is 81.7 Å². The summed E-state index contributed by atoms with van der Waals surface area (Å²) in [6.45, 7) is 0.874. The van der Waals surface area contributed by atoms with E-state index in [0.29, 0.717) is 10.6 Å². The van der Waals surface area contributed by atoms with Crippen molar-refractivity contribution in [3.8, 4) is 0 Å². The van der Waals surface area contributed by atoms with Crippen LogP contribution in [-0.4, -0.2) is 31.6 Å². The van der Waals surface area contributed by atoms with Gasteiger partial charge < -0.3 is 14.8 Å². The first-order valence-electron chi connectivity index (χ1n) is 7.19. The van der Waals surface area contributed by atoms with E-state index < -0.39 is 17.8 Å². The van der Waals surface area contributed by atoms with Gasteiger partial charge in [0.2, 0.25) is 0 Å². The van der Waals surface area contributed by atoms with Crippen LogP contribution in [0.15, 0.2) is 0 Å². The molecule has 0 bridgehead atoms. The normalized spacial score (nSPS) is 13.7. The van der Waals surface area contributed by atoms with E-state index in [0.717, 1.165) is 42.5 Å². The second-order valence-electron chi connectivity index (χ2n) is 5.09. The molecule has 6 nitrogen and oxygen atoms in total. The molecule has 7 heteroatoms. The molecule has 0 radical (unpaired) electrons. The van der Waals surface area contributed by atoms with E-state index in [9.17, 15) is 14.4 Å². The number of rotatable bonds is 4. The Kier molecular flexibility index (Phi) is 5.54. The number of carbonyl (C=O) groups is 3. The van der Waals surface area contributed by atoms with Gasteiger partial charge in [-0.25, -0.2) is 4.79 Å².